The number of piperidine rings is 1. The van der Waals surface area contributed by atoms with Gasteiger partial charge in [-0.15, -0.1) is 12.3 Å². The lowest BCUT2D eigenvalue weighted by molar-refractivity contribution is -0.132. The molecule has 0 aliphatic carbocycles. The second-order valence-corrected chi connectivity index (χ2v) is 4.09. The van der Waals surface area contributed by atoms with Crippen LogP contribution < -0.4 is 5.32 Å². The zero-order chi connectivity index (χ0) is 11.1. The second-order valence-electron chi connectivity index (χ2n) is 4.09. The lowest BCUT2D eigenvalue weighted by atomic mass is 9.96. The molecule has 3 nitrogen and oxygen atoms in total. The average Bonchev–Trinajstić information content (AvgIpc) is 2.27. The number of nitrogens with one attached hydrogen (secondary N) is 1. The molecule has 1 aliphatic rings. The van der Waals surface area contributed by atoms with Crippen molar-refractivity contribution in [2.45, 2.75) is 25.7 Å². The van der Waals surface area contributed by atoms with Gasteiger partial charge in [-0.2, -0.15) is 0 Å². The summed E-state index contributed by atoms with van der Waals surface area (Å²) < 4.78 is 0. The minimum absolute atomic E-state index is 0.218. The Hall–Kier alpha value is -1.01. The molecule has 15 heavy (non-hydrogen) atoms. The largest absolute Gasteiger partial charge is 0.343 e. The van der Waals surface area contributed by atoms with Crippen LogP contribution in [0.15, 0.2) is 0 Å². The van der Waals surface area contributed by atoms with Crippen molar-refractivity contribution in [2.24, 2.45) is 5.92 Å². The molecule has 0 saturated carbocycles. The summed E-state index contributed by atoms with van der Waals surface area (Å²) >= 11 is 0. The monoisotopic (exact) mass is 208 g/mol. The molecule has 1 N–H and O–H groups in total. The molecule has 1 amide bonds. The van der Waals surface area contributed by atoms with E-state index in [9.17, 15) is 4.79 Å². The number of carbonyl (C=O) groups is 1. The summed E-state index contributed by atoms with van der Waals surface area (Å²) in [5.74, 6) is 3.46. The van der Waals surface area contributed by atoms with E-state index in [1.165, 1.54) is 0 Å². The predicted molar refractivity (Wildman–Crippen MR) is 61.3 cm³/mol. The highest BCUT2D eigenvalue weighted by atomic mass is 16.2. The minimum atomic E-state index is 0.218. The van der Waals surface area contributed by atoms with Crippen LogP contribution >= 0.6 is 0 Å². The molecule has 0 aromatic carbocycles. The van der Waals surface area contributed by atoms with E-state index in [4.69, 9.17) is 6.42 Å². The van der Waals surface area contributed by atoms with Crippen molar-refractivity contribution >= 4 is 5.91 Å². The molecule has 0 spiro atoms. The minimum Gasteiger partial charge on any atom is -0.343 e. The summed E-state index contributed by atoms with van der Waals surface area (Å²) in [6, 6.07) is 0. The van der Waals surface area contributed by atoms with Crippen LogP contribution in [0.4, 0.5) is 0 Å². The molecule has 0 unspecified atom stereocenters. The van der Waals surface area contributed by atoms with E-state index in [1.54, 1.807) is 0 Å². The summed E-state index contributed by atoms with van der Waals surface area (Å²) in [4.78, 5) is 13.6. The van der Waals surface area contributed by atoms with Gasteiger partial charge in [0.05, 0.1) is 0 Å². The Bertz CT molecular complexity index is 236. The molecule has 0 bridgehead atoms. The number of terminal acetylenes is 1. The standard InChI is InChI=1S/C12H20N2O/c1-3-4-5-12(15)14-8-6-11(7-9-14)10-13-2/h1,11,13H,4-10H2,2H3. The Morgan fingerprint density at radius 3 is 2.73 bits per heavy atom. The normalized spacial score (nSPS) is 17.5. The van der Waals surface area contributed by atoms with E-state index in [1.807, 2.05) is 11.9 Å². The number of likely N-dealkylation sites (tertiary alicyclic amines) is 1. The van der Waals surface area contributed by atoms with Crippen LogP contribution in [0.2, 0.25) is 0 Å². The van der Waals surface area contributed by atoms with Crippen LogP contribution in [0.1, 0.15) is 25.7 Å². The van der Waals surface area contributed by atoms with Gasteiger partial charge >= 0.3 is 0 Å². The molecule has 1 saturated heterocycles. The average molecular weight is 208 g/mol. The third-order valence-corrected chi connectivity index (χ3v) is 2.94. The number of nitrogens with zero attached hydrogens (tertiary/aromatic N) is 1. The van der Waals surface area contributed by atoms with Crippen LogP contribution in [0.25, 0.3) is 0 Å². The quantitative estimate of drug-likeness (QED) is 0.695. The summed E-state index contributed by atoms with van der Waals surface area (Å²) in [5, 5.41) is 3.19. The fourth-order valence-corrected chi connectivity index (χ4v) is 2.01. The van der Waals surface area contributed by atoms with Gasteiger partial charge in [-0.1, -0.05) is 0 Å². The Morgan fingerprint density at radius 2 is 2.20 bits per heavy atom. The first kappa shape index (κ1) is 12.1. The fourth-order valence-electron chi connectivity index (χ4n) is 2.01. The number of hydrogen-bond acceptors (Lipinski definition) is 2. The van der Waals surface area contributed by atoms with Crippen LogP contribution in [0.3, 0.4) is 0 Å². The van der Waals surface area contributed by atoms with E-state index in [0.29, 0.717) is 12.8 Å². The van der Waals surface area contributed by atoms with Gasteiger partial charge in [0.15, 0.2) is 0 Å². The maximum absolute atomic E-state index is 11.6. The molecular formula is C12H20N2O. The lowest BCUT2D eigenvalue weighted by Gasteiger charge is -2.31. The van der Waals surface area contributed by atoms with E-state index < -0.39 is 0 Å². The molecule has 0 aromatic heterocycles. The van der Waals surface area contributed by atoms with Crippen LogP contribution in [-0.4, -0.2) is 37.5 Å². The number of carbonyl (C=O) groups excluding carboxylic acids is 1. The summed E-state index contributed by atoms with van der Waals surface area (Å²) in [5.41, 5.74) is 0. The first-order valence-electron chi connectivity index (χ1n) is 5.63. The lowest BCUT2D eigenvalue weighted by Crippen LogP contribution is -2.40. The molecule has 0 radical (unpaired) electrons. The molecule has 1 heterocycles. The highest BCUT2D eigenvalue weighted by molar-refractivity contribution is 5.76. The highest BCUT2D eigenvalue weighted by Crippen LogP contribution is 2.17. The zero-order valence-electron chi connectivity index (χ0n) is 9.46. The first-order valence-corrected chi connectivity index (χ1v) is 5.63. The Balaban J connectivity index is 2.25. The molecule has 1 fully saturated rings. The Labute approximate surface area is 92.2 Å². The van der Waals surface area contributed by atoms with Gasteiger partial charge in [-0.05, 0) is 32.4 Å². The zero-order valence-corrected chi connectivity index (χ0v) is 9.46. The van der Waals surface area contributed by atoms with Crippen molar-refractivity contribution in [1.82, 2.24) is 10.2 Å². The van der Waals surface area contributed by atoms with Crippen molar-refractivity contribution in [3.63, 3.8) is 0 Å². The molecule has 3 heteroatoms. The summed E-state index contributed by atoms with van der Waals surface area (Å²) in [7, 11) is 1.98. The first-order chi connectivity index (χ1) is 7.27. The number of rotatable bonds is 4. The van der Waals surface area contributed by atoms with Gasteiger partial charge in [0.1, 0.15) is 0 Å². The molecule has 1 rings (SSSR count). The van der Waals surface area contributed by atoms with Crippen molar-refractivity contribution in [2.75, 3.05) is 26.7 Å². The van der Waals surface area contributed by atoms with Crippen molar-refractivity contribution in [3.8, 4) is 12.3 Å². The molecule has 0 atom stereocenters. The predicted octanol–water partition coefficient (Wildman–Crippen LogP) is 0.858. The van der Waals surface area contributed by atoms with E-state index in [-0.39, 0.29) is 5.91 Å². The third kappa shape index (κ3) is 3.93. The van der Waals surface area contributed by atoms with Gasteiger partial charge in [0, 0.05) is 25.9 Å². The Morgan fingerprint density at radius 1 is 1.53 bits per heavy atom. The SMILES string of the molecule is C#CCCC(=O)N1CCC(CNC)CC1. The summed E-state index contributed by atoms with van der Waals surface area (Å²) in [6.45, 7) is 2.86. The van der Waals surface area contributed by atoms with Gasteiger partial charge < -0.3 is 10.2 Å². The van der Waals surface area contributed by atoms with Crippen molar-refractivity contribution < 1.29 is 4.79 Å². The van der Waals surface area contributed by atoms with Crippen LogP contribution in [0, 0.1) is 18.3 Å². The Kier molecular flexibility index (Phi) is 5.20. The van der Waals surface area contributed by atoms with Crippen molar-refractivity contribution in [3.05, 3.63) is 0 Å². The summed E-state index contributed by atoms with van der Waals surface area (Å²) in [6.07, 6.45) is 8.44. The smallest absolute Gasteiger partial charge is 0.223 e. The van der Waals surface area contributed by atoms with Gasteiger partial charge in [-0.25, -0.2) is 0 Å². The number of hydrogen-bond donors (Lipinski definition) is 1. The maximum Gasteiger partial charge on any atom is 0.223 e. The molecule has 84 valence electrons. The third-order valence-electron chi connectivity index (χ3n) is 2.94. The highest BCUT2D eigenvalue weighted by Gasteiger charge is 2.21. The number of amides is 1. The van der Waals surface area contributed by atoms with Gasteiger partial charge in [0.25, 0.3) is 0 Å². The molecule has 1 aliphatic heterocycles. The van der Waals surface area contributed by atoms with Crippen molar-refractivity contribution in [1.29, 1.82) is 0 Å². The van der Waals surface area contributed by atoms with E-state index in [2.05, 4.69) is 11.2 Å². The molecule has 0 aromatic rings. The topological polar surface area (TPSA) is 32.3 Å². The van der Waals surface area contributed by atoms with Gasteiger partial charge in [0.2, 0.25) is 5.91 Å². The fraction of sp³-hybridized carbons (Fsp3) is 0.750. The van der Waals surface area contributed by atoms with E-state index >= 15 is 0 Å². The van der Waals surface area contributed by atoms with Crippen LogP contribution in [-0.2, 0) is 4.79 Å². The van der Waals surface area contributed by atoms with Crippen LogP contribution in [0.5, 0.6) is 0 Å². The maximum atomic E-state index is 11.6. The molecular weight excluding hydrogens is 188 g/mol. The van der Waals surface area contributed by atoms with Gasteiger partial charge in [-0.3, -0.25) is 4.79 Å². The second kappa shape index (κ2) is 6.47. The van der Waals surface area contributed by atoms with E-state index in [0.717, 1.165) is 38.4 Å².